The van der Waals surface area contributed by atoms with Gasteiger partial charge in [0.25, 0.3) is 5.91 Å². The first-order chi connectivity index (χ1) is 12.6. The highest BCUT2D eigenvalue weighted by Crippen LogP contribution is 2.47. The summed E-state index contributed by atoms with van der Waals surface area (Å²) in [6, 6.07) is 11.0. The molecule has 1 aromatic heterocycles. The fraction of sp³-hybridized carbons (Fsp3) is 0.278. The molecule has 1 saturated heterocycles. The van der Waals surface area contributed by atoms with Crippen LogP contribution in [0.15, 0.2) is 47.6 Å². The van der Waals surface area contributed by atoms with Gasteiger partial charge in [-0.1, -0.05) is 35.5 Å². The van der Waals surface area contributed by atoms with Crippen LogP contribution in [-0.4, -0.2) is 34.5 Å². The number of amides is 1. The van der Waals surface area contributed by atoms with Gasteiger partial charge in [0.15, 0.2) is 5.17 Å². The van der Waals surface area contributed by atoms with Crippen molar-refractivity contribution >= 4 is 40.1 Å². The molecule has 0 radical (unpaired) electrons. The van der Waals surface area contributed by atoms with Gasteiger partial charge in [0, 0.05) is 24.9 Å². The van der Waals surface area contributed by atoms with E-state index in [1.807, 2.05) is 24.3 Å². The molecule has 1 fully saturated rings. The Hall–Kier alpha value is -2.09. The molecule has 6 nitrogen and oxygen atoms in total. The Balaban J connectivity index is 1.60. The van der Waals surface area contributed by atoms with Crippen LogP contribution in [-0.2, 0) is 10.3 Å². The zero-order valence-electron chi connectivity index (χ0n) is 13.8. The molecule has 2 aliphatic heterocycles. The number of aliphatic imine (C=N–C) groups is 1. The Morgan fingerprint density at radius 1 is 1.38 bits per heavy atom. The Morgan fingerprint density at radius 2 is 2.27 bits per heavy atom. The molecule has 1 aromatic carbocycles. The van der Waals surface area contributed by atoms with Gasteiger partial charge in [0.05, 0.1) is 16.9 Å². The summed E-state index contributed by atoms with van der Waals surface area (Å²) in [5.74, 6) is -0.288. The smallest absolute Gasteiger partial charge is 0.274 e. The third kappa shape index (κ3) is 3.18. The Bertz CT molecular complexity index is 874. The maximum atomic E-state index is 12.4. The number of anilines is 1. The van der Waals surface area contributed by atoms with Crippen molar-refractivity contribution in [3.05, 3.63) is 58.9 Å². The van der Waals surface area contributed by atoms with Crippen LogP contribution in [0.2, 0.25) is 5.02 Å². The molecule has 0 aliphatic carbocycles. The van der Waals surface area contributed by atoms with E-state index in [1.54, 1.807) is 23.9 Å². The number of nitrogens with one attached hydrogen (secondary N) is 1. The van der Waals surface area contributed by atoms with Crippen LogP contribution in [0.5, 0.6) is 0 Å². The molecule has 2 atom stereocenters. The molecule has 134 valence electrons. The summed E-state index contributed by atoms with van der Waals surface area (Å²) in [6.45, 7) is 1.25. The molecule has 2 aromatic rings. The van der Waals surface area contributed by atoms with Crippen molar-refractivity contribution in [3.63, 3.8) is 0 Å². The van der Waals surface area contributed by atoms with Crippen molar-refractivity contribution in [2.45, 2.75) is 17.2 Å². The highest BCUT2D eigenvalue weighted by molar-refractivity contribution is 8.14. The second kappa shape index (κ2) is 6.90. The first kappa shape index (κ1) is 17.3. The van der Waals surface area contributed by atoms with E-state index < -0.39 is 5.54 Å². The van der Waals surface area contributed by atoms with Gasteiger partial charge < -0.3 is 15.8 Å². The van der Waals surface area contributed by atoms with Crippen molar-refractivity contribution in [3.8, 4) is 0 Å². The van der Waals surface area contributed by atoms with E-state index in [9.17, 15) is 4.79 Å². The van der Waals surface area contributed by atoms with Crippen molar-refractivity contribution in [1.29, 1.82) is 0 Å². The molecule has 2 aliphatic rings. The van der Waals surface area contributed by atoms with Crippen LogP contribution in [0.25, 0.3) is 0 Å². The number of carbonyl (C=O) groups excluding carboxylic acids is 1. The van der Waals surface area contributed by atoms with Crippen LogP contribution >= 0.6 is 23.4 Å². The lowest BCUT2D eigenvalue weighted by Gasteiger charge is -2.36. The van der Waals surface area contributed by atoms with Gasteiger partial charge in [-0.2, -0.15) is 0 Å². The number of thioether (sulfide) groups is 1. The molecule has 26 heavy (non-hydrogen) atoms. The molecule has 0 spiro atoms. The topological polar surface area (TPSA) is 89.6 Å². The zero-order chi connectivity index (χ0) is 18.1. The van der Waals surface area contributed by atoms with Crippen LogP contribution in [0.3, 0.4) is 0 Å². The van der Waals surface area contributed by atoms with E-state index >= 15 is 0 Å². The van der Waals surface area contributed by atoms with Gasteiger partial charge in [0.2, 0.25) is 0 Å². The number of ether oxygens (including phenoxy) is 1. The summed E-state index contributed by atoms with van der Waals surface area (Å²) < 4.78 is 5.60. The minimum absolute atomic E-state index is 0.153. The molecule has 0 saturated carbocycles. The van der Waals surface area contributed by atoms with Crippen molar-refractivity contribution in [2.24, 2.45) is 10.7 Å². The summed E-state index contributed by atoms with van der Waals surface area (Å²) in [5.41, 5.74) is 7.62. The fourth-order valence-corrected chi connectivity index (χ4v) is 4.60. The number of nitrogens with zero attached hydrogens (tertiary/aromatic N) is 2. The number of pyridine rings is 1. The highest BCUT2D eigenvalue weighted by Gasteiger charge is 2.48. The van der Waals surface area contributed by atoms with Crippen molar-refractivity contribution in [2.75, 3.05) is 18.5 Å². The summed E-state index contributed by atoms with van der Waals surface area (Å²) >= 11 is 7.37. The standard InChI is InChI=1S/C18H17ClN4O2S/c19-12-4-5-14(21-9-12)16(24)22-13-3-1-2-11(8-13)18-6-7-25-10-15(18)26-17(20)23-18/h1-5,8-9,15H,6-7,10H2,(H2,20,23)(H,22,24)/t15-,18+/m1/s1. The number of hydrogen-bond acceptors (Lipinski definition) is 6. The van der Waals surface area contributed by atoms with Crippen LogP contribution < -0.4 is 11.1 Å². The van der Waals surface area contributed by atoms with Gasteiger partial charge in [-0.05, 0) is 29.8 Å². The average molecular weight is 389 g/mol. The number of carbonyl (C=O) groups is 1. The number of aromatic nitrogens is 1. The molecule has 3 N–H and O–H groups in total. The van der Waals surface area contributed by atoms with E-state index in [1.165, 1.54) is 6.20 Å². The summed E-state index contributed by atoms with van der Waals surface area (Å²) in [6.07, 6.45) is 2.22. The second-order valence-corrected chi connectivity index (χ2v) is 7.86. The lowest BCUT2D eigenvalue weighted by atomic mass is 9.83. The predicted octanol–water partition coefficient (Wildman–Crippen LogP) is 3.03. The first-order valence-electron chi connectivity index (χ1n) is 8.20. The van der Waals surface area contributed by atoms with Gasteiger partial charge >= 0.3 is 0 Å². The SMILES string of the molecule is NC1=N[C@]2(c3cccc(NC(=O)c4ccc(Cl)cn4)c3)CCOC[C@H]2S1. The highest BCUT2D eigenvalue weighted by atomic mass is 35.5. The van der Waals surface area contributed by atoms with Gasteiger partial charge in [-0.25, -0.2) is 9.98 Å². The molecular weight excluding hydrogens is 372 g/mol. The minimum atomic E-state index is -0.397. The maximum Gasteiger partial charge on any atom is 0.274 e. The number of amidine groups is 1. The lowest BCUT2D eigenvalue weighted by Crippen LogP contribution is -2.41. The number of benzene rings is 1. The van der Waals surface area contributed by atoms with Gasteiger partial charge in [-0.3, -0.25) is 4.79 Å². The number of hydrogen-bond donors (Lipinski definition) is 2. The molecule has 0 bridgehead atoms. The monoisotopic (exact) mass is 388 g/mol. The second-order valence-electron chi connectivity index (χ2n) is 6.20. The zero-order valence-corrected chi connectivity index (χ0v) is 15.4. The Labute approximate surface area is 160 Å². The van der Waals surface area contributed by atoms with Crippen LogP contribution in [0.4, 0.5) is 5.69 Å². The van der Waals surface area contributed by atoms with Crippen molar-refractivity contribution < 1.29 is 9.53 Å². The van der Waals surface area contributed by atoms with Crippen LogP contribution in [0.1, 0.15) is 22.5 Å². The molecule has 4 rings (SSSR count). The Kier molecular flexibility index (Phi) is 4.60. The largest absolute Gasteiger partial charge is 0.380 e. The predicted molar refractivity (Wildman–Crippen MR) is 104 cm³/mol. The average Bonchev–Trinajstić information content (AvgIpc) is 2.99. The minimum Gasteiger partial charge on any atom is -0.380 e. The summed E-state index contributed by atoms with van der Waals surface area (Å²) in [5, 5.41) is 4.11. The number of rotatable bonds is 3. The van der Waals surface area contributed by atoms with Crippen LogP contribution in [0, 0.1) is 0 Å². The van der Waals surface area contributed by atoms with Gasteiger partial charge in [-0.15, -0.1) is 0 Å². The Morgan fingerprint density at radius 3 is 3.08 bits per heavy atom. The maximum absolute atomic E-state index is 12.4. The van der Waals surface area contributed by atoms with E-state index in [4.69, 9.17) is 27.1 Å². The first-order valence-corrected chi connectivity index (χ1v) is 9.46. The number of halogens is 1. The van der Waals surface area contributed by atoms with E-state index in [0.717, 1.165) is 12.0 Å². The van der Waals surface area contributed by atoms with E-state index in [-0.39, 0.29) is 11.2 Å². The molecule has 0 unspecified atom stereocenters. The third-order valence-electron chi connectivity index (χ3n) is 4.58. The normalized spacial score (nSPS) is 24.7. The van der Waals surface area contributed by atoms with Crippen molar-refractivity contribution in [1.82, 2.24) is 4.98 Å². The lowest BCUT2D eigenvalue weighted by molar-refractivity contribution is 0.0611. The van der Waals surface area contributed by atoms with E-state index in [0.29, 0.717) is 34.8 Å². The molecule has 8 heteroatoms. The molecular formula is C18H17ClN4O2S. The molecule has 3 heterocycles. The quantitative estimate of drug-likeness (QED) is 0.843. The fourth-order valence-electron chi connectivity index (χ4n) is 3.31. The summed E-state index contributed by atoms with van der Waals surface area (Å²) in [7, 11) is 0. The van der Waals surface area contributed by atoms with Gasteiger partial charge in [0.1, 0.15) is 11.2 Å². The van der Waals surface area contributed by atoms with E-state index in [2.05, 4.69) is 10.3 Å². The third-order valence-corrected chi connectivity index (χ3v) is 5.95. The number of fused-ring (bicyclic) bond motifs is 1. The summed E-state index contributed by atoms with van der Waals surface area (Å²) in [4.78, 5) is 21.2. The molecule has 1 amide bonds. The number of nitrogens with two attached hydrogens (primary N) is 1.